The first-order chi connectivity index (χ1) is 8.16. The summed E-state index contributed by atoms with van der Waals surface area (Å²) in [4.78, 5) is 11.3. The summed E-state index contributed by atoms with van der Waals surface area (Å²) >= 11 is 0. The molecule has 0 radical (unpaired) electrons. The Labute approximate surface area is 97.7 Å². The van der Waals surface area contributed by atoms with Gasteiger partial charge in [0, 0.05) is 22.4 Å². The molecule has 0 aliphatic carbocycles. The van der Waals surface area contributed by atoms with Gasteiger partial charge in [-0.3, -0.25) is 0 Å². The second kappa shape index (κ2) is 3.48. The molecular weight excluding hydrogens is 216 g/mol. The Morgan fingerprint density at radius 2 is 1.82 bits per heavy atom. The minimum atomic E-state index is -0.328. The van der Waals surface area contributed by atoms with Gasteiger partial charge in [-0.2, -0.15) is 0 Å². The molecule has 2 aromatic heterocycles. The second-order valence-corrected chi connectivity index (χ2v) is 4.46. The minimum Gasteiger partial charge on any atom is -0.464 e. The van der Waals surface area contributed by atoms with Gasteiger partial charge in [0.2, 0.25) is 0 Å². The van der Waals surface area contributed by atoms with Crippen LogP contribution in [0.1, 0.15) is 25.3 Å². The summed E-state index contributed by atoms with van der Waals surface area (Å²) in [5.41, 5.74) is 2.07. The highest BCUT2D eigenvalue weighted by Crippen LogP contribution is 2.33. The van der Waals surface area contributed by atoms with E-state index < -0.39 is 0 Å². The van der Waals surface area contributed by atoms with Gasteiger partial charge in [-0.15, -0.1) is 0 Å². The molecule has 0 saturated heterocycles. The van der Waals surface area contributed by atoms with E-state index in [-0.39, 0.29) is 11.5 Å². The topological polar surface area (TPSA) is 43.4 Å². The highest BCUT2D eigenvalue weighted by atomic mass is 16.4. The van der Waals surface area contributed by atoms with Crippen LogP contribution in [0.2, 0.25) is 0 Å². The van der Waals surface area contributed by atoms with E-state index in [9.17, 15) is 4.79 Å². The fraction of sp³-hybridized carbons (Fsp3) is 0.214. The molecule has 0 atom stereocenters. The van der Waals surface area contributed by atoms with Crippen molar-refractivity contribution in [2.75, 3.05) is 0 Å². The molecule has 0 bridgehead atoms. The van der Waals surface area contributed by atoms with Crippen molar-refractivity contribution in [1.29, 1.82) is 0 Å². The number of hydrogen-bond donors (Lipinski definition) is 0. The van der Waals surface area contributed by atoms with Crippen LogP contribution in [-0.4, -0.2) is 0 Å². The fourth-order valence-corrected chi connectivity index (χ4v) is 2.20. The van der Waals surface area contributed by atoms with Crippen molar-refractivity contribution in [3.05, 3.63) is 46.5 Å². The summed E-state index contributed by atoms with van der Waals surface area (Å²) in [5, 5.41) is 1.97. The van der Waals surface area contributed by atoms with Crippen LogP contribution in [0.3, 0.4) is 0 Å². The number of benzene rings is 1. The van der Waals surface area contributed by atoms with Gasteiger partial charge in [-0.05, 0) is 24.1 Å². The van der Waals surface area contributed by atoms with Crippen LogP contribution >= 0.6 is 0 Å². The van der Waals surface area contributed by atoms with Gasteiger partial charge < -0.3 is 8.83 Å². The van der Waals surface area contributed by atoms with E-state index in [2.05, 4.69) is 13.8 Å². The van der Waals surface area contributed by atoms with Crippen LogP contribution in [-0.2, 0) is 0 Å². The standard InChI is InChI=1S/C14H12O3/c1-8(2)12-13-10(5-6-16-13)7-9-3-4-11(15)17-14(9)12/h3-8H,1-2H3. The van der Waals surface area contributed by atoms with Gasteiger partial charge in [0.05, 0.1) is 6.26 Å². The van der Waals surface area contributed by atoms with Crippen molar-refractivity contribution < 1.29 is 8.83 Å². The summed E-state index contributed by atoms with van der Waals surface area (Å²) in [6.07, 6.45) is 1.66. The molecule has 3 rings (SSSR count). The molecule has 0 aliphatic rings. The van der Waals surface area contributed by atoms with Crippen molar-refractivity contribution in [3.8, 4) is 0 Å². The molecular formula is C14H12O3. The fourth-order valence-electron chi connectivity index (χ4n) is 2.20. The zero-order valence-electron chi connectivity index (χ0n) is 9.69. The van der Waals surface area contributed by atoms with Gasteiger partial charge in [0.1, 0.15) is 11.2 Å². The molecule has 2 heterocycles. The van der Waals surface area contributed by atoms with Gasteiger partial charge in [0.15, 0.2) is 0 Å². The lowest BCUT2D eigenvalue weighted by molar-refractivity contribution is 0.550. The van der Waals surface area contributed by atoms with E-state index in [1.165, 1.54) is 6.07 Å². The van der Waals surface area contributed by atoms with Crippen LogP contribution in [0.4, 0.5) is 0 Å². The number of rotatable bonds is 1. The first kappa shape index (κ1) is 10.1. The predicted octanol–water partition coefficient (Wildman–Crippen LogP) is 3.66. The maximum atomic E-state index is 11.3. The van der Waals surface area contributed by atoms with Gasteiger partial charge in [-0.1, -0.05) is 13.8 Å². The molecule has 0 spiro atoms. The normalized spacial score (nSPS) is 11.7. The van der Waals surface area contributed by atoms with E-state index in [1.54, 1.807) is 12.3 Å². The molecule has 0 aliphatic heterocycles. The molecule has 0 saturated carbocycles. The minimum absolute atomic E-state index is 0.234. The van der Waals surface area contributed by atoms with Crippen molar-refractivity contribution in [3.63, 3.8) is 0 Å². The van der Waals surface area contributed by atoms with Crippen LogP contribution < -0.4 is 5.63 Å². The van der Waals surface area contributed by atoms with Gasteiger partial charge in [-0.25, -0.2) is 4.79 Å². The summed E-state index contributed by atoms with van der Waals surface area (Å²) in [6, 6.07) is 7.13. The van der Waals surface area contributed by atoms with Crippen molar-refractivity contribution >= 4 is 21.9 Å². The third kappa shape index (κ3) is 1.46. The number of hydrogen-bond acceptors (Lipinski definition) is 3. The Bertz CT molecular complexity index is 747. The SMILES string of the molecule is CC(C)c1c2occc2cc2ccc(=O)oc12. The number of fused-ring (bicyclic) bond motifs is 2. The molecule has 3 nitrogen and oxygen atoms in total. The average molecular weight is 228 g/mol. The smallest absolute Gasteiger partial charge is 0.336 e. The lowest BCUT2D eigenvalue weighted by Gasteiger charge is -2.08. The van der Waals surface area contributed by atoms with Crippen molar-refractivity contribution in [2.45, 2.75) is 19.8 Å². The van der Waals surface area contributed by atoms with Crippen LogP contribution in [0.25, 0.3) is 21.9 Å². The summed E-state index contributed by atoms with van der Waals surface area (Å²) in [6.45, 7) is 4.12. The highest BCUT2D eigenvalue weighted by molar-refractivity contribution is 5.97. The maximum absolute atomic E-state index is 11.3. The lowest BCUT2D eigenvalue weighted by atomic mass is 9.98. The molecule has 0 amide bonds. The molecule has 86 valence electrons. The monoisotopic (exact) mass is 228 g/mol. The van der Waals surface area contributed by atoms with Crippen LogP contribution in [0.15, 0.2) is 44.2 Å². The molecule has 17 heavy (non-hydrogen) atoms. The Morgan fingerprint density at radius 1 is 1.06 bits per heavy atom. The molecule has 0 N–H and O–H groups in total. The van der Waals surface area contributed by atoms with Crippen molar-refractivity contribution in [1.82, 2.24) is 0 Å². The first-order valence-corrected chi connectivity index (χ1v) is 5.61. The largest absolute Gasteiger partial charge is 0.464 e. The predicted molar refractivity (Wildman–Crippen MR) is 66.3 cm³/mol. The Kier molecular flexibility index (Phi) is 2.08. The molecule has 1 aromatic carbocycles. The lowest BCUT2D eigenvalue weighted by Crippen LogP contribution is -1.98. The highest BCUT2D eigenvalue weighted by Gasteiger charge is 2.15. The zero-order valence-corrected chi connectivity index (χ0v) is 9.69. The Hall–Kier alpha value is -2.03. The Morgan fingerprint density at radius 3 is 2.59 bits per heavy atom. The third-order valence-corrected chi connectivity index (χ3v) is 2.94. The third-order valence-electron chi connectivity index (χ3n) is 2.94. The molecule has 0 fully saturated rings. The Balaban J connectivity index is 2.59. The van der Waals surface area contributed by atoms with E-state index in [1.807, 2.05) is 12.1 Å². The summed E-state index contributed by atoms with van der Waals surface area (Å²) in [7, 11) is 0. The maximum Gasteiger partial charge on any atom is 0.336 e. The quantitative estimate of drug-likeness (QED) is 0.597. The zero-order chi connectivity index (χ0) is 12.0. The molecule has 0 unspecified atom stereocenters. The van der Waals surface area contributed by atoms with E-state index in [4.69, 9.17) is 8.83 Å². The van der Waals surface area contributed by atoms with Crippen LogP contribution in [0.5, 0.6) is 0 Å². The summed E-state index contributed by atoms with van der Waals surface area (Å²) in [5.74, 6) is 0.234. The van der Waals surface area contributed by atoms with Gasteiger partial charge >= 0.3 is 5.63 Å². The first-order valence-electron chi connectivity index (χ1n) is 5.61. The molecule has 3 heteroatoms. The summed E-state index contributed by atoms with van der Waals surface area (Å²) < 4.78 is 10.8. The van der Waals surface area contributed by atoms with Crippen LogP contribution in [0, 0.1) is 0 Å². The second-order valence-electron chi connectivity index (χ2n) is 4.46. The van der Waals surface area contributed by atoms with E-state index in [0.29, 0.717) is 5.58 Å². The van der Waals surface area contributed by atoms with Gasteiger partial charge in [0.25, 0.3) is 0 Å². The van der Waals surface area contributed by atoms with Crippen molar-refractivity contribution in [2.24, 2.45) is 0 Å². The van der Waals surface area contributed by atoms with E-state index in [0.717, 1.165) is 21.9 Å². The average Bonchev–Trinajstić information content (AvgIpc) is 2.72. The van der Waals surface area contributed by atoms with E-state index >= 15 is 0 Å². The number of furan rings is 1. The molecule has 3 aromatic rings.